The van der Waals surface area contributed by atoms with Crippen LogP contribution in [0.4, 0.5) is 0 Å². The summed E-state index contributed by atoms with van der Waals surface area (Å²) in [6.07, 6.45) is 0.216. The van der Waals surface area contributed by atoms with Crippen LogP contribution < -0.4 is 14.2 Å². The largest absolute Gasteiger partial charge is 0.496 e. The van der Waals surface area contributed by atoms with E-state index in [9.17, 15) is 4.79 Å². The fourth-order valence-electron chi connectivity index (χ4n) is 1.35. The van der Waals surface area contributed by atoms with Crippen LogP contribution in [0.1, 0.15) is 13.3 Å². The number of benzene rings is 1. The molecule has 0 fully saturated rings. The molecule has 100 valence electrons. The molecule has 0 atom stereocenters. The molecule has 0 saturated carbocycles. The fourth-order valence-corrected chi connectivity index (χ4v) is 1.35. The van der Waals surface area contributed by atoms with Gasteiger partial charge in [-0.1, -0.05) is 0 Å². The second-order valence-electron chi connectivity index (χ2n) is 3.45. The van der Waals surface area contributed by atoms with E-state index in [1.54, 1.807) is 39.3 Å². The van der Waals surface area contributed by atoms with E-state index in [2.05, 4.69) is 0 Å². The Morgan fingerprint density at radius 1 is 1.06 bits per heavy atom. The maximum Gasteiger partial charge on any atom is 0.309 e. The Bertz CT molecular complexity index is 367. The van der Waals surface area contributed by atoms with Crippen LogP contribution in [0.3, 0.4) is 0 Å². The molecule has 0 aliphatic rings. The third-order valence-electron chi connectivity index (χ3n) is 2.21. The summed E-state index contributed by atoms with van der Waals surface area (Å²) in [6.45, 7) is 2.41. The normalized spacial score (nSPS) is 9.72. The van der Waals surface area contributed by atoms with Gasteiger partial charge in [-0.05, 0) is 6.92 Å². The molecule has 0 aliphatic heterocycles. The minimum atomic E-state index is -0.271. The summed E-state index contributed by atoms with van der Waals surface area (Å²) in [6, 6.07) is 5.21. The summed E-state index contributed by atoms with van der Waals surface area (Å²) < 4.78 is 20.5. The van der Waals surface area contributed by atoms with Crippen LogP contribution in [0, 0.1) is 0 Å². The Morgan fingerprint density at radius 2 is 1.61 bits per heavy atom. The Balaban J connectivity index is 2.53. The van der Waals surface area contributed by atoms with Crippen LogP contribution in [0.25, 0.3) is 0 Å². The lowest BCUT2D eigenvalue weighted by molar-refractivity contribution is -0.143. The van der Waals surface area contributed by atoms with Crippen molar-refractivity contribution in [1.82, 2.24) is 0 Å². The number of rotatable bonds is 7. The van der Waals surface area contributed by atoms with Crippen LogP contribution in [-0.2, 0) is 9.53 Å². The van der Waals surface area contributed by atoms with Gasteiger partial charge in [0.15, 0.2) is 0 Å². The van der Waals surface area contributed by atoms with E-state index in [1.165, 1.54) is 0 Å². The van der Waals surface area contributed by atoms with Gasteiger partial charge < -0.3 is 18.9 Å². The van der Waals surface area contributed by atoms with Crippen LogP contribution >= 0.6 is 0 Å². The molecular formula is C13H18O5. The molecule has 5 nitrogen and oxygen atoms in total. The van der Waals surface area contributed by atoms with Gasteiger partial charge in [-0.3, -0.25) is 4.79 Å². The van der Waals surface area contributed by atoms with Gasteiger partial charge in [-0.2, -0.15) is 0 Å². The molecule has 1 aromatic rings. The Hall–Kier alpha value is -1.91. The van der Waals surface area contributed by atoms with Crippen molar-refractivity contribution in [1.29, 1.82) is 0 Å². The zero-order valence-corrected chi connectivity index (χ0v) is 10.9. The molecule has 1 rings (SSSR count). The smallest absolute Gasteiger partial charge is 0.309 e. The number of hydrogen-bond donors (Lipinski definition) is 0. The van der Waals surface area contributed by atoms with Crippen molar-refractivity contribution in [2.45, 2.75) is 13.3 Å². The minimum Gasteiger partial charge on any atom is -0.496 e. The topological polar surface area (TPSA) is 54.0 Å². The standard InChI is InChI=1S/C13H18O5/c1-4-17-13(14)5-6-18-12-8-10(15-2)7-11(9-12)16-3/h7-9H,4-6H2,1-3H3. The second-order valence-corrected chi connectivity index (χ2v) is 3.45. The number of ether oxygens (including phenoxy) is 4. The quantitative estimate of drug-likeness (QED) is 0.697. The SMILES string of the molecule is CCOC(=O)CCOc1cc(OC)cc(OC)c1. The highest BCUT2D eigenvalue weighted by Gasteiger charge is 2.05. The molecule has 0 unspecified atom stereocenters. The van der Waals surface area contributed by atoms with Crippen molar-refractivity contribution < 1.29 is 23.7 Å². The van der Waals surface area contributed by atoms with E-state index >= 15 is 0 Å². The summed E-state index contributed by atoms with van der Waals surface area (Å²) in [5.74, 6) is 1.60. The van der Waals surface area contributed by atoms with Crippen LogP contribution in [0.15, 0.2) is 18.2 Å². The van der Waals surface area contributed by atoms with Crippen molar-refractivity contribution in [2.75, 3.05) is 27.4 Å². The molecule has 0 spiro atoms. The number of carbonyl (C=O) groups excluding carboxylic acids is 1. The maximum absolute atomic E-state index is 11.1. The predicted molar refractivity (Wildman–Crippen MR) is 66.3 cm³/mol. The van der Waals surface area contributed by atoms with E-state index < -0.39 is 0 Å². The van der Waals surface area contributed by atoms with E-state index in [-0.39, 0.29) is 19.0 Å². The highest BCUT2D eigenvalue weighted by Crippen LogP contribution is 2.27. The van der Waals surface area contributed by atoms with E-state index in [1.807, 2.05) is 0 Å². The van der Waals surface area contributed by atoms with Crippen LogP contribution in [0.2, 0.25) is 0 Å². The first-order valence-electron chi connectivity index (χ1n) is 5.71. The fraction of sp³-hybridized carbons (Fsp3) is 0.462. The summed E-state index contributed by atoms with van der Waals surface area (Å²) in [7, 11) is 3.13. The van der Waals surface area contributed by atoms with E-state index in [0.29, 0.717) is 23.9 Å². The average Bonchev–Trinajstić information content (AvgIpc) is 2.38. The molecule has 0 amide bonds. The first-order chi connectivity index (χ1) is 8.69. The molecule has 1 aromatic carbocycles. The Kier molecular flexibility index (Phi) is 5.84. The van der Waals surface area contributed by atoms with Crippen molar-refractivity contribution in [3.63, 3.8) is 0 Å². The molecule has 0 N–H and O–H groups in total. The van der Waals surface area contributed by atoms with E-state index in [0.717, 1.165) is 0 Å². The zero-order valence-electron chi connectivity index (χ0n) is 10.9. The average molecular weight is 254 g/mol. The molecule has 0 saturated heterocycles. The molecular weight excluding hydrogens is 236 g/mol. The molecule has 0 heterocycles. The lowest BCUT2D eigenvalue weighted by Gasteiger charge is -2.10. The molecule has 0 aliphatic carbocycles. The van der Waals surface area contributed by atoms with Gasteiger partial charge in [0.2, 0.25) is 0 Å². The van der Waals surface area contributed by atoms with Crippen molar-refractivity contribution in [3.8, 4) is 17.2 Å². The number of esters is 1. The first kappa shape index (κ1) is 14.2. The van der Waals surface area contributed by atoms with Crippen molar-refractivity contribution >= 4 is 5.97 Å². The highest BCUT2D eigenvalue weighted by atomic mass is 16.5. The number of carbonyl (C=O) groups is 1. The summed E-state index contributed by atoms with van der Waals surface area (Å²) in [4.78, 5) is 11.1. The first-order valence-corrected chi connectivity index (χ1v) is 5.71. The third kappa shape index (κ3) is 4.53. The Labute approximate surface area is 107 Å². The van der Waals surface area contributed by atoms with E-state index in [4.69, 9.17) is 18.9 Å². The van der Waals surface area contributed by atoms with Gasteiger partial charge in [0.25, 0.3) is 0 Å². The zero-order chi connectivity index (χ0) is 13.4. The predicted octanol–water partition coefficient (Wildman–Crippen LogP) is 2.04. The lowest BCUT2D eigenvalue weighted by Crippen LogP contribution is -2.09. The molecule has 18 heavy (non-hydrogen) atoms. The minimum absolute atomic E-state index is 0.216. The monoisotopic (exact) mass is 254 g/mol. The van der Waals surface area contributed by atoms with Crippen LogP contribution in [-0.4, -0.2) is 33.4 Å². The molecule has 0 aromatic heterocycles. The van der Waals surface area contributed by atoms with Gasteiger partial charge in [0.1, 0.15) is 17.2 Å². The third-order valence-corrected chi connectivity index (χ3v) is 2.21. The van der Waals surface area contributed by atoms with Gasteiger partial charge in [0.05, 0.1) is 33.9 Å². The van der Waals surface area contributed by atoms with Crippen molar-refractivity contribution in [2.24, 2.45) is 0 Å². The summed E-state index contributed by atoms with van der Waals surface area (Å²) in [5, 5.41) is 0. The van der Waals surface area contributed by atoms with Gasteiger partial charge >= 0.3 is 5.97 Å². The second kappa shape index (κ2) is 7.42. The van der Waals surface area contributed by atoms with Gasteiger partial charge in [-0.25, -0.2) is 0 Å². The molecule has 0 radical (unpaired) electrons. The molecule has 5 heteroatoms. The summed E-state index contributed by atoms with van der Waals surface area (Å²) >= 11 is 0. The summed E-state index contributed by atoms with van der Waals surface area (Å²) in [5.41, 5.74) is 0. The van der Waals surface area contributed by atoms with Crippen LogP contribution in [0.5, 0.6) is 17.2 Å². The molecule has 0 bridgehead atoms. The highest BCUT2D eigenvalue weighted by molar-refractivity contribution is 5.69. The van der Waals surface area contributed by atoms with Gasteiger partial charge in [0, 0.05) is 18.2 Å². The maximum atomic E-state index is 11.1. The number of methoxy groups -OCH3 is 2. The lowest BCUT2D eigenvalue weighted by atomic mass is 10.3. The van der Waals surface area contributed by atoms with Gasteiger partial charge in [-0.15, -0.1) is 0 Å². The number of hydrogen-bond acceptors (Lipinski definition) is 5. The van der Waals surface area contributed by atoms with Crippen molar-refractivity contribution in [3.05, 3.63) is 18.2 Å². The Morgan fingerprint density at radius 3 is 2.11 bits per heavy atom.